The van der Waals surface area contributed by atoms with Gasteiger partial charge in [-0.05, 0) is 25.7 Å². The first-order chi connectivity index (χ1) is 7.98. The lowest BCUT2D eigenvalue weighted by Gasteiger charge is -2.11. The van der Waals surface area contributed by atoms with Gasteiger partial charge in [0.25, 0.3) is 0 Å². The fourth-order valence-corrected chi connectivity index (χ4v) is 2.00. The molecule has 1 aliphatic rings. The molecular weight excluding hydrogens is 220 g/mol. The molecule has 4 heteroatoms. The molecule has 0 radical (unpaired) electrons. The molecule has 1 aliphatic carbocycles. The first-order valence-electron chi connectivity index (χ1n) is 5.48. The summed E-state index contributed by atoms with van der Waals surface area (Å²) in [6.45, 7) is 5.63. The van der Waals surface area contributed by atoms with Gasteiger partial charge >= 0.3 is 11.9 Å². The molecule has 0 aromatic carbocycles. The van der Waals surface area contributed by atoms with Gasteiger partial charge in [0.1, 0.15) is 0 Å². The Morgan fingerprint density at radius 1 is 1.35 bits per heavy atom. The van der Waals surface area contributed by atoms with Crippen molar-refractivity contribution >= 4 is 11.9 Å². The van der Waals surface area contributed by atoms with Gasteiger partial charge in [0.15, 0.2) is 5.41 Å². The van der Waals surface area contributed by atoms with E-state index in [1.165, 1.54) is 14.2 Å². The van der Waals surface area contributed by atoms with Crippen LogP contribution in [0.2, 0.25) is 0 Å². The highest BCUT2D eigenvalue weighted by Gasteiger charge is 2.67. The Balaban J connectivity index is 2.70. The van der Waals surface area contributed by atoms with Crippen LogP contribution in [0.4, 0.5) is 0 Å². The number of carbonyl (C=O) groups is 2. The molecule has 0 bridgehead atoms. The maximum absolute atomic E-state index is 11.6. The second-order valence-electron chi connectivity index (χ2n) is 4.34. The van der Waals surface area contributed by atoms with Crippen LogP contribution in [0.3, 0.4) is 0 Å². The molecule has 1 rings (SSSR count). The predicted molar refractivity (Wildman–Crippen MR) is 63.1 cm³/mol. The Bertz CT molecular complexity index is 352. The van der Waals surface area contributed by atoms with Crippen LogP contribution in [0, 0.1) is 11.3 Å². The molecule has 4 nitrogen and oxygen atoms in total. The van der Waals surface area contributed by atoms with E-state index in [4.69, 9.17) is 0 Å². The fourth-order valence-electron chi connectivity index (χ4n) is 2.00. The summed E-state index contributed by atoms with van der Waals surface area (Å²) in [5.41, 5.74) is -0.143. The Morgan fingerprint density at radius 3 is 2.29 bits per heavy atom. The number of allylic oxidation sites excluding steroid dienone is 3. The van der Waals surface area contributed by atoms with E-state index >= 15 is 0 Å². The van der Waals surface area contributed by atoms with Crippen LogP contribution in [0.25, 0.3) is 0 Å². The third-order valence-corrected chi connectivity index (χ3v) is 3.03. The Labute approximate surface area is 101 Å². The zero-order chi connectivity index (χ0) is 13.1. The van der Waals surface area contributed by atoms with Crippen LogP contribution in [-0.2, 0) is 19.1 Å². The molecule has 0 aromatic rings. The summed E-state index contributed by atoms with van der Waals surface area (Å²) >= 11 is 0. The number of carbonyl (C=O) groups excluding carboxylic acids is 2. The van der Waals surface area contributed by atoms with Crippen molar-refractivity contribution in [1.82, 2.24) is 0 Å². The average molecular weight is 238 g/mol. The Morgan fingerprint density at radius 2 is 1.88 bits per heavy atom. The van der Waals surface area contributed by atoms with Crippen molar-refractivity contribution in [3.8, 4) is 0 Å². The summed E-state index contributed by atoms with van der Waals surface area (Å²) in [6, 6.07) is 0. The number of hydrogen-bond acceptors (Lipinski definition) is 4. The lowest BCUT2D eigenvalue weighted by Crippen LogP contribution is -2.30. The van der Waals surface area contributed by atoms with Gasteiger partial charge < -0.3 is 9.47 Å². The van der Waals surface area contributed by atoms with Crippen molar-refractivity contribution in [1.29, 1.82) is 0 Å². The molecule has 0 amide bonds. The predicted octanol–water partition coefficient (Wildman–Crippen LogP) is 1.86. The molecule has 0 heterocycles. The molecular formula is C13H18O4. The topological polar surface area (TPSA) is 52.6 Å². The third kappa shape index (κ3) is 2.57. The van der Waals surface area contributed by atoms with Crippen molar-refractivity contribution < 1.29 is 19.1 Å². The SMILES string of the molecule is C=C(C)/C=C/CC1CC1(C(=O)OC)C(=O)OC. The van der Waals surface area contributed by atoms with Crippen molar-refractivity contribution in [3.63, 3.8) is 0 Å². The molecule has 0 aliphatic heterocycles. The highest BCUT2D eigenvalue weighted by atomic mass is 16.5. The summed E-state index contributed by atoms with van der Waals surface area (Å²) in [6.07, 6.45) is 4.93. The molecule has 17 heavy (non-hydrogen) atoms. The van der Waals surface area contributed by atoms with E-state index in [1.807, 2.05) is 19.1 Å². The highest BCUT2D eigenvalue weighted by Crippen LogP contribution is 2.56. The number of methoxy groups -OCH3 is 2. The fraction of sp³-hybridized carbons (Fsp3) is 0.538. The number of rotatable bonds is 5. The minimum Gasteiger partial charge on any atom is -0.468 e. The lowest BCUT2D eigenvalue weighted by molar-refractivity contribution is -0.162. The van der Waals surface area contributed by atoms with Crippen LogP contribution in [-0.4, -0.2) is 26.2 Å². The normalized spacial score (nSPS) is 21.0. The molecule has 0 spiro atoms. The van der Waals surface area contributed by atoms with E-state index in [1.54, 1.807) is 0 Å². The lowest BCUT2D eigenvalue weighted by atomic mass is 10.0. The summed E-state index contributed by atoms with van der Waals surface area (Å²) in [5, 5.41) is 0. The number of esters is 2. The van der Waals surface area contributed by atoms with E-state index in [0.717, 1.165) is 5.57 Å². The molecule has 1 atom stereocenters. The number of ether oxygens (including phenoxy) is 2. The van der Waals surface area contributed by atoms with Gasteiger partial charge in [-0.25, -0.2) is 0 Å². The molecule has 0 saturated heterocycles. The van der Waals surface area contributed by atoms with E-state index in [2.05, 4.69) is 16.1 Å². The van der Waals surface area contributed by atoms with Crippen LogP contribution in [0.1, 0.15) is 19.8 Å². The Kier molecular flexibility index (Phi) is 4.10. The standard InChI is InChI=1S/C13H18O4/c1-9(2)6-5-7-10-8-13(10,11(14)16-3)12(15)17-4/h5-6,10H,1,7-8H2,2-4H3/b6-5+. The molecule has 94 valence electrons. The van der Waals surface area contributed by atoms with Crippen molar-refractivity contribution in [2.45, 2.75) is 19.8 Å². The minimum absolute atomic E-state index is 0.0296. The first kappa shape index (κ1) is 13.5. The van der Waals surface area contributed by atoms with E-state index < -0.39 is 17.4 Å². The third-order valence-electron chi connectivity index (χ3n) is 3.03. The average Bonchev–Trinajstić information content (AvgIpc) is 3.02. The highest BCUT2D eigenvalue weighted by molar-refractivity contribution is 6.03. The summed E-state index contributed by atoms with van der Waals surface area (Å²) in [7, 11) is 2.57. The van der Waals surface area contributed by atoms with Crippen LogP contribution in [0.15, 0.2) is 24.3 Å². The second kappa shape index (κ2) is 5.17. The van der Waals surface area contributed by atoms with Crippen molar-refractivity contribution in [2.75, 3.05) is 14.2 Å². The maximum atomic E-state index is 11.6. The largest absolute Gasteiger partial charge is 0.468 e. The molecule has 1 saturated carbocycles. The molecule has 1 fully saturated rings. The smallest absolute Gasteiger partial charge is 0.323 e. The summed E-state index contributed by atoms with van der Waals surface area (Å²) in [5.74, 6) is -1.03. The van der Waals surface area contributed by atoms with Gasteiger partial charge in [-0.2, -0.15) is 0 Å². The quantitative estimate of drug-likeness (QED) is 0.417. The van der Waals surface area contributed by atoms with Crippen molar-refractivity contribution in [3.05, 3.63) is 24.3 Å². The van der Waals surface area contributed by atoms with Gasteiger partial charge in [-0.1, -0.05) is 24.3 Å². The van der Waals surface area contributed by atoms with E-state index in [-0.39, 0.29) is 5.92 Å². The summed E-state index contributed by atoms with van der Waals surface area (Å²) in [4.78, 5) is 23.3. The van der Waals surface area contributed by atoms with Crippen LogP contribution in [0.5, 0.6) is 0 Å². The molecule has 0 N–H and O–H groups in total. The minimum atomic E-state index is -1.08. The van der Waals surface area contributed by atoms with Gasteiger partial charge in [0.05, 0.1) is 14.2 Å². The van der Waals surface area contributed by atoms with Crippen LogP contribution < -0.4 is 0 Å². The zero-order valence-electron chi connectivity index (χ0n) is 10.5. The van der Waals surface area contributed by atoms with Gasteiger partial charge in [0, 0.05) is 0 Å². The van der Waals surface area contributed by atoms with Gasteiger partial charge in [0.2, 0.25) is 0 Å². The summed E-state index contributed by atoms with van der Waals surface area (Å²) < 4.78 is 9.35. The second-order valence-corrected chi connectivity index (χ2v) is 4.34. The van der Waals surface area contributed by atoms with E-state index in [0.29, 0.717) is 12.8 Å². The molecule has 0 aromatic heterocycles. The van der Waals surface area contributed by atoms with E-state index in [9.17, 15) is 9.59 Å². The van der Waals surface area contributed by atoms with Gasteiger partial charge in [-0.15, -0.1) is 0 Å². The number of hydrogen-bond donors (Lipinski definition) is 0. The first-order valence-corrected chi connectivity index (χ1v) is 5.48. The van der Waals surface area contributed by atoms with Crippen molar-refractivity contribution in [2.24, 2.45) is 11.3 Å². The molecule has 1 unspecified atom stereocenters. The maximum Gasteiger partial charge on any atom is 0.323 e. The Hall–Kier alpha value is -1.58. The zero-order valence-corrected chi connectivity index (χ0v) is 10.5. The monoisotopic (exact) mass is 238 g/mol. The van der Waals surface area contributed by atoms with Gasteiger partial charge in [-0.3, -0.25) is 9.59 Å². The van der Waals surface area contributed by atoms with Crippen LogP contribution >= 0.6 is 0 Å².